The third-order valence-corrected chi connectivity index (χ3v) is 8.42. The van der Waals surface area contributed by atoms with Gasteiger partial charge in [-0.15, -0.1) is 0 Å². The summed E-state index contributed by atoms with van der Waals surface area (Å²) in [5.74, 6) is 2.05. The van der Waals surface area contributed by atoms with Gasteiger partial charge in [0, 0.05) is 17.8 Å². The molecule has 4 aliphatic carbocycles. The molecule has 0 aliphatic heterocycles. The molecule has 2 N–H and O–H groups in total. The number of hydrogen-bond acceptors (Lipinski definition) is 4. The fourth-order valence-electron chi connectivity index (χ4n) is 7.15. The van der Waals surface area contributed by atoms with Gasteiger partial charge in [-0.1, -0.05) is 38.0 Å². The number of unbranched alkanes of at least 4 members (excludes halogenated alkanes) is 2. The maximum Gasteiger partial charge on any atom is 0.337 e. The summed E-state index contributed by atoms with van der Waals surface area (Å²) in [7, 11) is 1.39. The molecule has 4 saturated carbocycles. The lowest BCUT2D eigenvalue weighted by molar-refractivity contribution is -0.0166. The zero-order valence-electron chi connectivity index (χ0n) is 21.1. The highest BCUT2D eigenvalue weighted by molar-refractivity contribution is 6.01. The molecule has 4 fully saturated rings. The largest absolute Gasteiger partial charge is 0.465 e. The number of ether oxygens (including phenoxy) is 1. The van der Waals surface area contributed by atoms with Gasteiger partial charge in [-0.2, -0.15) is 0 Å². The Bertz CT molecular complexity index is 1040. The van der Waals surface area contributed by atoms with E-state index in [0.29, 0.717) is 11.1 Å². The van der Waals surface area contributed by atoms with Gasteiger partial charge in [-0.3, -0.25) is 4.79 Å². The predicted octanol–water partition coefficient (Wildman–Crippen LogP) is 6.44. The SMILES string of the molecule is CCCCCNc1ccc(-c2ccc(C(=O)OC)cc2)cc1C(=O)NC12CC3CC(CC(C3)C1)C2. The van der Waals surface area contributed by atoms with E-state index in [0.717, 1.165) is 66.8 Å². The van der Waals surface area contributed by atoms with Crippen LogP contribution < -0.4 is 10.6 Å². The summed E-state index contributed by atoms with van der Waals surface area (Å²) in [5.41, 5.74) is 4.05. The molecule has 0 atom stereocenters. The minimum absolute atomic E-state index is 0.0243. The summed E-state index contributed by atoms with van der Waals surface area (Å²) in [6.07, 6.45) is 10.9. The van der Waals surface area contributed by atoms with E-state index < -0.39 is 0 Å². The van der Waals surface area contributed by atoms with E-state index in [1.165, 1.54) is 39.2 Å². The topological polar surface area (TPSA) is 67.4 Å². The van der Waals surface area contributed by atoms with Crippen LogP contribution in [0.1, 0.15) is 85.4 Å². The monoisotopic (exact) mass is 474 g/mol. The highest BCUT2D eigenvalue weighted by atomic mass is 16.5. The Morgan fingerprint density at radius 2 is 1.54 bits per heavy atom. The van der Waals surface area contributed by atoms with Gasteiger partial charge in [0.05, 0.1) is 18.2 Å². The van der Waals surface area contributed by atoms with Crippen LogP contribution in [0.25, 0.3) is 11.1 Å². The van der Waals surface area contributed by atoms with Crippen molar-refractivity contribution in [3.63, 3.8) is 0 Å². The van der Waals surface area contributed by atoms with Crippen molar-refractivity contribution in [3.8, 4) is 11.1 Å². The number of carbonyl (C=O) groups excluding carboxylic acids is 2. The van der Waals surface area contributed by atoms with Gasteiger partial charge in [0.2, 0.25) is 0 Å². The number of esters is 1. The molecule has 186 valence electrons. The van der Waals surface area contributed by atoms with E-state index in [4.69, 9.17) is 4.74 Å². The number of hydrogen-bond donors (Lipinski definition) is 2. The van der Waals surface area contributed by atoms with Crippen LogP contribution >= 0.6 is 0 Å². The number of carbonyl (C=O) groups is 2. The van der Waals surface area contributed by atoms with Crippen LogP contribution in [-0.4, -0.2) is 31.1 Å². The van der Waals surface area contributed by atoms with E-state index >= 15 is 0 Å². The third kappa shape index (κ3) is 5.10. The van der Waals surface area contributed by atoms with Gasteiger partial charge in [0.1, 0.15) is 0 Å². The van der Waals surface area contributed by atoms with Crippen LogP contribution in [0.15, 0.2) is 42.5 Å². The fourth-order valence-corrected chi connectivity index (χ4v) is 7.15. The average Bonchev–Trinajstić information content (AvgIpc) is 2.85. The van der Waals surface area contributed by atoms with Gasteiger partial charge in [0.25, 0.3) is 5.91 Å². The van der Waals surface area contributed by atoms with Crippen LogP contribution in [0, 0.1) is 17.8 Å². The van der Waals surface area contributed by atoms with Gasteiger partial charge in [0.15, 0.2) is 0 Å². The number of amides is 1. The van der Waals surface area contributed by atoms with Crippen molar-refractivity contribution in [1.29, 1.82) is 0 Å². The van der Waals surface area contributed by atoms with E-state index in [2.05, 4.69) is 23.6 Å². The molecule has 35 heavy (non-hydrogen) atoms. The second kappa shape index (κ2) is 10.0. The van der Waals surface area contributed by atoms with Crippen molar-refractivity contribution in [2.24, 2.45) is 17.8 Å². The van der Waals surface area contributed by atoms with E-state index in [1.54, 1.807) is 12.1 Å². The summed E-state index contributed by atoms with van der Waals surface area (Å²) >= 11 is 0. The molecule has 0 radical (unpaired) electrons. The molecule has 0 heterocycles. The molecule has 0 aromatic heterocycles. The van der Waals surface area contributed by atoms with Crippen molar-refractivity contribution >= 4 is 17.6 Å². The maximum atomic E-state index is 13.8. The molecule has 2 aromatic carbocycles. The summed E-state index contributed by atoms with van der Waals surface area (Å²) in [6, 6.07) is 13.5. The number of rotatable bonds is 9. The fraction of sp³-hybridized carbons (Fsp3) is 0.533. The van der Waals surface area contributed by atoms with Crippen molar-refractivity contribution in [2.45, 2.75) is 70.3 Å². The molecule has 0 spiro atoms. The summed E-state index contributed by atoms with van der Waals surface area (Å²) < 4.78 is 4.82. The van der Waals surface area contributed by atoms with Crippen molar-refractivity contribution < 1.29 is 14.3 Å². The van der Waals surface area contributed by atoms with Gasteiger partial charge >= 0.3 is 5.97 Å². The molecule has 0 unspecified atom stereocenters. The van der Waals surface area contributed by atoms with Crippen molar-refractivity contribution in [2.75, 3.05) is 19.0 Å². The van der Waals surface area contributed by atoms with Crippen LogP contribution in [-0.2, 0) is 4.74 Å². The van der Waals surface area contributed by atoms with Gasteiger partial charge in [-0.05, 0) is 98.1 Å². The Balaban J connectivity index is 1.40. The van der Waals surface area contributed by atoms with E-state index in [9.17, 15) is 9.59 Å². The molecular formula is C30H38N2O3. The first kappa shape index (κ1) is 23.9. The zero-order valence-corrected chi connectivity index (χ0v) is 21.1. The van der Waals surface area contributed by atoms with E-state index in [1.807, 2.05) is 24.3 Å². The predicted molar refractivity (Wildman–Crippen MR) is 140 cm³/mol. The molecule has 6 rings (SSSR count). The number of methoxy groups -OCH3 is 1. The smallest absolute Gasteiger partial charge is 0.337 e. The zero-order chi connectivity index (χ0) is 24.4. The Labute approximate surface area is 209 Å². The van der Waals surface area contributed by atoms with Crippen LogP contribution in [0.4, 0.5) is 5.69 Å². The minimum atomic E-state index is -0.348. The first-order chi connectivity index (χ1) is 17.0. The lowest BCUT2D eigenvalue weighted by Crippen LogP contribution is -2.59. The van der Waals surface area contributed by atoms with Gasteiger partial charge < -0.3 is 15.4 Å². The molecule has 4 bridgehead atoms. The quantitative estimate of drug-likeness (QED) is 0.324. The molecular weight excluding hydrogens is 436 g/mol. The number of anilines is 1. The standard InChI is InChI=1S/C30H38N2O3/c1-3-4-5-12-31-27-11-10-25(23-6-8-24(9-7-23)29(34)35-2)16-26(27)28(33)32-30-17-20-13-21(18-30)15-22(14-20)19-30/h6-11,16,20-22,31H,3-5,12-15,17-19H2,1-2H3,(H,32,33). The second-order valence-corrected chi connectivity index (χ2v) is 11.1. The second-order valence-electron chi connectivity index (χ2n) is 11.1. The van der Waals surface area contributed by atoms with E-state index in [-0.39, 0.29) is 17.4 Å². The lowest BCUT2D eigenvalue weighted by atomic mass is 9.53. The molecule has 4 aliphatic rings. The Hall–Kier alpha value is -2.82. The van der Waals surface area contributed by atoms with Crippen LogP contribution in [0.5, 0.6) is 0 Å². The Morgan fingerprint density at radius 1 is 0.914 bits per heavy atom. The summed E-state index contributed by atoms with van der Waals surface area (Å²) in [5, 5.41) is 7.08. The lowest BCUT2D eigenvalue weighted by Gasteiger charge is -2.56. The Kier molecular flexibility index (Phi) is 6.86. The van der Waals surface area contributed by atoms with Crippen LogP contribution in [0.2, 0.25) is 0 Å². The summed E-state index contributed by atoms with van der Waals surface area (Å²) in [6.45, 7) is 3.06. The highest BCUT2D eigenvalue weighted by Gasteiger charge is 2.51. The Morgan fingerprint density at radius 3 is 2.14 bits per heavy atom. The molecule has 0 saturated heterocycles. The normalized spacial score (nSPS) is 26.4. The first-order valence-electron chi connectivity index (χ1n) is 13.4. The number of nitrogens with one attached hydrogen (secondary N) is 2. The molecule has 5 nitrogen and oxygen atoms in total. The number of benzene rings is 2. The van der Waals surface area contributed by atoms with Crippen molar-refractivity contribution in [1.82, 2.24) is 5.32 Å². The average molecular weight is 475 g/mol. The summed E-state index contributed by atoms with van der Waals surface area (Å²) in [4.78, 5) is 25.6. The molecule has 2 aromatic rings. The molecule has 1 amide bonds. The van der Waals surface area contributed by atoms with Gasteiger partial charge in [-0.25, -0.2) is 4.79 Å². The van der Waals surface area contributed by atoms with Crippen LogP contribution in [0.3, 0.4) is 0 Å². The minimum Gasteiger partial charge on any atom is -0.465 e. The third-order valence-electron chi connectivity index (χ3n) is 8.42. The molecule has 5 heteroatoms. The van der Waals surface area contributed by atoms with Crippen molar-refractivity contribution in [3.05, 3.63) is 53.6 Å². The maximum absolute atomic E-state index is 13.8. The highest BCUT2D eigenvalue weighted by Crippen LogP contribution is 2.55. The first-order valence-corrected chi connectivity index (χ1v) is 13.4.